The van der Waals surface area contributed by atoms with Gasteiger partial charge in [0, 0.05) is 24.3 Å². The molecule has 1 aromatic carbocycles. The summed E-state index contributed by atoms with van der Waals surface area (Å²) in [6, 6.07) is 6.70. The van der Waals surface area contributed by atoms with Gasteiger partial charge in [-0.25, -0.2) is 0 Å². The minimum Gasteiger partial charge on any atom is -0.395 e. The minimum atomic E-state index is -0.257. The third-order valence-electron chi connectivity index (χ3n) is 2.75. The summed E-state index contributed by atoms with van der Waals surface area (Å²) in [6.07, 6.45) is 0. The molecule has 1 aromatic rings. The molecule has 0 saturated heterocycles. The first-order chi connectivity index (χ1) is 9.56. The lowest BCUT2D eigenvalue weighted by Crippen LogP contribution is -2.37. The third kappa shape index (κ3) is 5.48. The summed E-state index contributed by atoms with van der Waals surface area (Å²) in [5.74, 6) is -0.323. The van der Waals surface area contributed by atoms with Crippen LogP contribution in [0.5, 0.6) is 0 Å². The number of nitrogens with one attached hydrogen (secondary N) is 1. The number of Topliss-reactive ketones (excluding diaryl/α,β-unsaturated/α-hetero) is 1. The zero-order valence-electron chi connectivity index (χ0n) is 11.5. The van der Waals surface area contributed by atoms with Crippen molar-refractivity contribution in [2.75, 3.05) is 38.2 Å². The number of nitrogens with zero attached hydrogens (tertiary/aromatic N) is 1. The number of anilines is 1. The van der Waals surface area contributed by atoms with Gasteiger partial charge in [0.15, 0.2) is 5.78 Å². The summed E-state index contributed by atoms with van der Waals surface area (Å²) in [7, 11) is 0. The molecule has 0 atom stereocenters. The van der Waals surface area contributed by atoms with E-state index in [-0.39, 0.29) is 31.4 Å². The Kier molecular flexibility index (Phi) is 6.86. The molecule has 20 heavy (non-hydrogen) atoms. The van der Waals surface area contributed by atoms with Crippen LogP contribution in [-0.4, -0.2) is 59.7 Å². The molecular formula is C14H20N2O4. The maximum atomic E-state index is 11.9. The van der Waals surface area contributed by atoms with E-state index in [1.165, 1.54) is 6.92 Å². The number of ketones is 1. The molecule has 0 radical (unpaired) electrons. The van der Waals surface area contributed by atoms with Crippen molar-refractivity contribution in [3.05, 3.63) is 29.8 Å². The van der Waals surface area contributed by atoms with Gasteiger partial charge >= 0.3 is 0 Å². The smallest absolute Gasteiger partial charge is 0.238 e. The Hall–Kier alpha value is -1.76. The molecule has 0 aliphatic carbocycles. The van der Waals surface area contributed by atoms with E-state index in [4.69, 9.17) is 10.2 Å². The minimum absolute atomic E-state index is 0.0664. The number of aliphatic hydroxyl groups excluding tert-OH is 2. The first kappa shape index (κ1) is 16.3. The summed E-state index contributed by atoms with van der Waals surface area (Å²) >= 11 is 0. The molecule has 6 heteroatoms. The molecule has 0 fully saturated rings. The SMILES string of the molecule is CC(=O)c1cccc(NC(=O)CN(CCO)CCO)c1. The third-order valence-corrected chi connectivity index (χ3v) is 2.75. The van der Waals surface area contributed by atoms with E-state index in [0.29, 0.717) is 24.3 Å². The maximum absolute atomic E-state index is 11.9. The summed E-state index contributed by atoms with van der Waals surface area (Å²) in [6.45, 7) is 2.03. The Bertz CT molecular complexity index is 456. The van der Waals surface area contributed by atoms with Crippen molar-refractivity contribution >= 4 is 17.4 Å². The first-order valence-electron chi connectivity index (χ1n) is 6.41. The molecule has 1 rings (SSSR count). The Balaban J connectivity index is 2.60. The Labute approximate surface area is 118 Å². The Morgan fingerprint density at radius 3 is 2.40 bits per heavy atom. The van der Waals surface area contributed by atoms with Crippen molar-refractivity contribution in [3.63, 3.8) is 0 Å². The Morgan fingerprint density at radius 2 is 1.85 bits per heavy atom. The van der Waals surface area contributed by atoms with Crippen molar-refractivity contribution < 1.29 is 19.8 Å². The zero-order chi connectivity index (χ0) is 15.0. The number of rotatable bonds is 8. The largest absolute Gasteiger partial charge is 0.395 e. The van der Waals surface area contributed by atoms with Crippen LogP contribution in [0.4, 0.5) is 5.69 Å². The van der Waals surface area contributed by atoms with Crippen LogP contribution >= 0.6 is 0 Å². The van der Waals surface area contributed by atoms with Gasteiger partial charge in [-0.1, -0.05) is 12.1 Å². The number of aliphatic hydroxyl groups is 2. The highest BCUT2D eigenvalue weighted by Crippen LogP contribution is 2.11. The highest BCUT2D eigenvalue weighted by Gasteiger charge is 2.10. The van der Waals surface area contributed by atoms with E-state index >= 15 is 0 Å². The average Bonchev–Trinajstić information content (AvgIpc) is 2.39. The van der Waals surface area contributed by atoms with Crippen LogP contribution < -0.4 is 5.32 Å². The van der Waals surface area contributed by atoms with E-state index in [2.05, 4.69) is 5.32 Å². The van der Waals surface area contributed by atoms with E-state index in [1.807, 2.05) is 0 Å². The molecular weight excluding hydrogens is 260 g/mol. The molecule has 0 unspecified atom stereocenters. The number of benzene rings is 1. The lowest BCUT2D eigenvalue weighted by Gasteiger charge is -2.19. The zero-order valence-corrected chi connectivity index (χ0v) is 11.5. The normalized spacial score (nSPS) is 10.6. The van der Waals surface area contributed by atoms with Crippen LogP contribution in [0.15, 0.2) is 24.3 Å². The van der Waals surface area contributed by atoms with Gasteiger partial charge in [0.1, 0.15) is 0 Å². The van der Waals surface area contributed by atoms with Gasteiger partial charge in [0.2, 0.25) is 5.91 Å². The van der Waals surface area contributed by atoms with Gasteiger partial charge in [-0.3, -0.25) is 14.5 Å². The van der Waals surface area contributed by atoms with Crippen molar-refractivity contribution in [2.24, 2.45) is 0 Å². The second-order valence-electron chi connectivity index (χ2n) is 4.41. The van der Waals surface area contributed by atoms with Crippen molar-refractivity contribution in [1.29, 1.82) is 0 Å². The molecule has 110 valence electrons. The van der Waals surface area contributed by atoms with E-state index in [9.17, 15) is 9.59 Å². The Morgan fingerprint density at radius 1 is 1.20 bits per heavy atom. The fraction of sp³-hybridized carbons (Fsp3) is 0.429. The summed E-state index contributed by atoms with van der Waals surface area (Å²) in [4.78, 5) is 24.8. The molecule has 3 N–H and O–H groups in total. The second kappa shape index (κ2) is 8.42. The van der Waals surface area contributed by atoms with Gasteiger partial charge in [-0.15, -0.1) is 0 Å². The van der Waals surface area contributed by atoms with Gasteiger partial charge < -0.3 is 15.5 Å². The van der Waals surface area contributed by atoms with Crippen molar-refractivity contribution in [2.45, 2.75) is 6.92 Å². The first-order valence-corrected chi connectivity index (χ1v) is 6.41. The van der Waals surface area contributed by atoms with Crippen molar-refractivity contribution in [3.8, 4) is 0 Å². The van der Waals surface area contributed by atoms with Gasteiger partial charge in [0.25, 0.3) is 0 Å². The molecule has 6 nitrogen and oxygen atoms in total. The predicted octanol–water partition coefficient (Wildman–Crippen LogP) is 0.114. The summed E-state index contributed by atoms with van der Waals surface area (Å²) in [5.41, 5.74) is 1.08. The second-order valence-corrected chi connectivity index (χ2v) is 4.41. The van der Waals surface area contributed by atoms with Crippen LogP contribution in [-0.2, 0) is 4.79 Å². The molecule has 1 amide bonds. The maximum Gasteiger partial charge on any atom is 0.238 e. The van der Waals surface area contributed by atoms with Gasteiger partial charge in [0.05, 0.1) is 19.8 Å². The molecule has 0 aliphatic heterocycles. The van der Waals surface area contributed by atoms with E-state index < -0.39 is 0 Å². The lowest BCUT2D eigenvalue weighted by molar-refractivity contribution is -0.117. The topological polar surface area (TPSA) is 89.9 Å². The van der Waals surface area contributed by atoms with Crippen LogP contribution in [0.2, 0.25) is 0 Å². The number of hydrogen-bond donors (Lipinski definition) is 3. The fourth-order valence-corrected chi connectivity index (χ4v) is 1.77. The molecule has 0 aliphatic rings. The molecule has 0 heterocycles. The monoisotopic (exact) mass is 280 g/mol. The molecule has 0 spiro atoms. The summed E-state index contributed by atoms with van der Waals surface area (Å²) in [5, 5.41) is 20.4. The van der Waals surface area contributed by atoms with Crippen molar-refractivity contribution in [1.82, 2.24) is 4.90 Å². The highest BCUT2D eigenvalue weighted by molar-refractivity contribution is 5.97. The number of carbonyl (C=O) groups excluding carboxylic acids is 2. The van der Waals surface area contributed by atoms with Crippen LogP contribution in [0.25, 0.3) is 0 Å². The predicted molar refractivity (Wildman–Crippen MR) is 75.7 cm³/mol. The number of amides is 1. The molecule has 0 saturated carbocycles. The standard InChI is InChI=1S/C14H20N2O4/c1-11(19)12-3-2-4-13(9-12)15-14(20)10-16(5-7-17)6-8-18/h2-4,9,17-18H,5-8,10H2,1H3,(H,15,20). The van der Waals surface area contributed by atoms with E-state index in [0.717, 1.165) is 0 Å². The average molecular weight is 280 g/mol. The molecule has 0 bridgehead atoms. The quantitative estimate of drug-likeness (QED) is 0.588. The van der Waals surface area contributed by atoms with Gasteiger partial charge in [-0.2, -0.15) is 0 Å². The lowest BCUT2D eigenvalue weighted by atomic mass is 10.1. The van der Waals surface area contributed by atoms with Gasteiger partial charge in [-0.05, 0) is 19.1 Å². The van der Waals surface area contributed by atoms with E-state index in [1.54, 1.807) is 29.2 Å². The van der Waals surface area contributed by atoms with Crippen LogP contribution in [0.1, 0.15) is 17.3 Å². The highest BCUT2D eigenvalue weighted by atomic mass is 16.3. The fourth-order valence-electron chi connectivity index (χ4n) is 1.77. The molecule has 0 aromatic heterocycles. The summed E-state index contributed by atoms with van der Waals surface area (Å²) < 4.78 is 0. The van der Waals surface area contributed by atoms with Crippen LogP contribution in [0, 0.1) is 0 Å². The number of hydrogen-bond acceptors (Lipinski definition) is 5. The van der Waals surface area contributed by atoms with Crippen LogP contribution in [0.3, 0.4) is 0 Å². The number of carbonyl (C=O) groups is 2.